The highest BCUT2D eigenvalue weighted by Crippen LogP contribution is 2.43. The van der Waals surface area contributed by atoms with E-state index in [-0.39, 0.29) is 5.97 Å². The Bertz CT molecular complexity index is 909. The highest BCUT2D eigenvalue weighted by atomic mass is 16.5. The Morgan fingerprint density at radius 3 is 2.86 bits per heavy atom. The molecule has 0 fully saturated rings. The topological polar surface area (TPSA) is 43.6 Å². The molecule has 1 aliphatic rings. The minimum absolute atomic E-state index is 0.306. The van der Waals surface area contributed by atoms with Gasteiger partial charge in [0.15, 0.2) is 5.75 Å². The van der Waals surface area contributed by atoms with Crippen molar-refractivity contribution in [2.24, 2.45) is 0 Å². The molecule has 0 bridgehead atoms. The Morgan fingerprint density at radius 2 is 2.05 bits per heavy atom. The Balaban J connectivity index is 2.13. The number of nitrogens with zero attached hydrogens (tertiary/aromatic N) is 2. The van der Waals surface area contributed by atoms with Gasteiger partial charge in [0.25, 0.3) is 0 Å². The molecule has 0 saturated carbocycles. The third kappa shape index (κ3) is 1.77. The first-order valence-electron chi connectivity index (χ1n) is 7.42. The van der Waals surface area contributed by atoms with Gasteiger partial charge in [-0.25, -0.2) is 4.52 Å². The standard InChI is InChI=1S/C18H16N2O2/c1-11-18(22-12(2)21)17-14-6-4-3-5-13(14)7-8-15(17)16-9-10-19-20(11)16/h3-6,9-10H,7-8H2,1-2H3. The van der Waals surface area contributed by atoms with Crippen molar-refractivity contribution < 1.29 is 9.53 Å². The molecule has 0 spiro atoms. The molecule has 0 aliphatic heterocycles. The van der Waals surface area contributed by atoms with Crippen molar-refractivity contribution >= 4 is 11.5 Å². The lowest BCUT2D eigenvalue weighted by Gasteiger charge is -2.24. The largest absolute Gasteiger partial charge is 0.424 e. The van der Waals surface area contributed by atoms with Gasteiger partial charge in [0.05, 0.1) is 17.4 Å². The Kier molecular flexibility index (Phi) is 2.79. The van der Waals surface area contributed by atoms with Crippen LogP contribution >= 0.6 is 0 Å². The molecule has 0 radical (unpaired) electrons. The molecule has 2 heterocycles. The van der Waals surface area contributed by atoms with Gasteiger partial charge in [-0.3, -0.25) is 4.79 Å². The van der Waals surface area contributed by atoms with E-state index in [0.717, 1.165) is 35.2 Å². The molecular formula is C18H16N2O2. The molecule has 1 aliphatic carbocycles. The number of carbonyl (C=O) groups is 1. The van der Waals surface area contributed by atoms with E-state index in [0.29, 0.717) is 5.75 Å². The number of rotatable bonds is 1. The molecule has 22 heavy (non-hydrogen) atoms. The molecule has 0 unspecified atom stereocenters. The van der Waals surface area contributed by atoms with Gasteiger partial charge < -0.3 is 4.74 Å². The van der Waals surface area contributed by atoms with E-state index in [1.54, 1.807) is 6.20 Å². The maximum atomic E-state index is 11.6. The fraction of sp³-hybridized carbons (Fsp3) is 0.222. The lowest BCUT2D eigenvalue weighted by atomic mass is 9.84. The summed E-state index contributed by atoms with van der Waals surface area (Å²) < 4.78 is 7.44. The average molecular weight is 292 g/mol. The zero-order valence-corrected chi connectivity index (χ0v) is 12.6. The van der Waals surface area contributed by atoms with Gasteiger partial charge in [-0.2, -0.15) is 5.10 Å². The summed E-state index contributed by atoms with van der Waals surface area (Å²) in [6.07, 6.45) is 3.71. The number of aromatic nitrogens is 2. The van der Waals surface area contributed by atoms with E-state index < -0.39 is 0 Å². The molecule has 110 valence electrons. The normalized spacial score (nSPS) is 12.8. The summed E-state index contributed by atoms with van der Waals surface area (Å²) in [6.45, 7) is 3.38. The molecule has 2 aromatic heterocycles. The number of pyridine rings is 1. The minimum Gasteiger partial charge on any atom is -0.424 e. The van der Waals surface area contributed by atoms with Crippen molar-refractivity contribution in [3.63, 3.8) is 0 Å². The van der Waals surface area contributed by atoms with Gasteiger partial charge in [0.2, 0.25) is 0 Å². The molecule has 0 N–H and O–H groups in total. The summed E-state index contributed by atoms with van der Waals surface area (Å²) in [6, 6.07) is 10.4. The van der Waals surface area contributed by atoms with Gasteiger partial charge in [-0.15, -0.1) is 0 Å². The van der Waals surface area contributed by atoms with Gasteiger partial charge in [0, 0.05) is 12.5 Å². The highest BCUT2D eigenvalue weighted by Gasteiger charge is 2.26. The number of carbonyl (C=O) groups excluding carboxylic acids is 1. The molecular weight excluding hydrogens is 276 g/mol. The van der Waals surface area contributed by atoms with Crippen LogP contribution in [0, 0.1) is 6.92 Å². The van der Waals surface area contributed by atoms with E-state index in [9.17, 15) is 4.79 Å². The third-order valence-electron chi connectivity index (χ3n) is 4.30. The van der Waals surface area contributed by atoms with Crippen LogP contribution in [-0.2, 0) is 17.6 Å². The van der Waals surface area contributed by atoms with Crippen molar-refractivity contribution in [1.29, 1.82) is 0 Å². The van der Waals surface area contributed by atoms with E-state index >= 15 is 0 Å². The number of benzene rings is 1. The summed E-state index contributed by atoms with van der Waals surface area (Å²) >= 11 is 0. The van der Waals surface area contributed by atoms with Crippen LogP contribution in [0.5, 0.6) is 5.75 Å². The molecule has 0 saturated heterocycles. The quantitative estimate of drug-likeness (QED) is 0.646. The second-order valence-electron chi connectivity index (χ2n) is 5.65. The molecule has 0 amide bonds. The van der Waals surface area contributed by atoms with E-state index in [4.69, 9.17) is 4.74 Å². The SMILES string of the molecule is CC(=O)Oc1c2c(c3ccnn3c1C)CCc1ccccc1-2. The lowest BCUT2D eigenvalue weighted by molar-refractivity contribution is -0.131. The van der Waals surface area contributed by atoms with Crippen LogP contribution in [0.3, 0.4) is 0 Å². The zero-order valence-electron chi connectivity index (χ0n) is 12.6. The summed E-state index contributed by atoms with van der Waals surface area (Å²) in [5.74, 6) is 0.325. The first-order valence-corrected chi connectivity index (χ1v) is 7.42. The smallest absolute Gasteiger partial charge is 0.308 e. The molecule has 1 aromatic carbocycles. The van der Waals surface area contributed by atoms with E-state index in [1.165, 1.54) is 18.1 Å². The summed E-state index contributed by atoms with van der Waals surface area (Å²) in [4.78, 5) is 11.6. The Hall–Kier alpha value is -2.62. The molecule has 3 aromatic rings. The Labute approximate surface area is 128 Å². The molecule has 4 heteroatoms. The van der Waals surface area contributed by atoms with Crippen LogP contribution in [0.4, 0.5) is 0 Å². The summed E-state index contributed by atoms with van der Waals surface area (Å²) in [5, 5.41) is 4.38. The van der Waals surface area contributed by atoms with Crippen molar-refractivity contribution in [2.75, 3.05) is 0 Å². The van der Waals surface area contributed by atoms with E-state index in [1.807, 2.05) is 23.6 Å². The predicted molar refractivity (Wildman–Crippen MR) is 84.1 cm³/mol. The van der Waals surface area contributed by atoms with Crippen molar-refractivity contribution in [1.82, 2.24) is 9.61 Å². The fourth-order valence-electron chi connectivity index (χ4n) is 3.39. The second-order valence-corrected chi connectivity index (χ2v) is 5.65. The zero-order chi connectivity index (χ0) is 15.3. The number of hydrogen-bond acceptors (Lipinski definition) is 3. The summed E-state index contributed by atoms with van der Waals surface area (Å²) in [5.41, 5.74) is 6.66. The van der Waals surface area contributed by atoms with Crippen molar-refractivity contribution in [3.8, 4) is 16.9 Å². The van der Waals surface area contributed by atoms with Crippen LogP contribution in [0.1, 0.15) is 23.7 Å². The highest BCUT2D eigenvalue weighted by molar-refractivity contribution is 5.87. The summed E-state index contributed by atoms with van der Waals surface area (Å²) in [7, 11) is 0. The number of fused-ring (bicyclic) bond motifs is 5. The van der Waals surface area contributed by atoms with Crippen LogP contribution < -0.4 is 4.74 Å². The first-order chi connectivity index (χ1) is 10.7. The van der Waals surface area contributed by atoms with Crippen LogP contribution in [0.25, 0.3) is 16.6 Å². The number of aryl methyl sites for hydroxylation is 3. The number of hydrogen-bond donors (Lipinski definition) is 0. The van der Waals surface area contributed by atoms with Crippen molar-refractivity contribution in [2.45, 2.75) is 26.7 Å². The van der Waals surface area contributed by atoms with Crippen LogP contribution in [0.15, 0.2) is 36.5 Å². The van der Waals surface area contributed by atoms with Gasteiger partial charge in [0.1, 0.15) is 0 Å². The second kappa shape index (κ2) is 4.70. The fourth-order valence-corrected chi connectivity index (χ4v) is 3.39. The maximum absolute atomic E-state index is 11.6. The Morgan fingerprint density at radius 1 is 1.23 bits per heavy atom. The number of ether oxygens (including phenoxy) is 1. The van der Waals surface area contributed by atoms with Gasteiger partial charge >= 0.3 is 5.97 Å². The van der Waals surface area contributed by atoms with Crippen LogP contribution in [-0.4, -0.2) is 15.6 Å². The minimum atomic E-state index is -0.306. The van der Waals surface area contributed by atoms with E-state index in [2.05, 4.69) is 23.3 Å². The monoisotopic (exact) mass is 292 g/mol. The average Bonchev–Trinajstić information content (AvgIpc) is 3.00. The molecule has 4 nitrogen and oxygen atoms in total. The third-order valence-corrected chi connectivity index (χ3v) is 4.30. The van der Waals surface area contributed by atoms with Gasteiger partial charge in [-0.05, 0) is 42.5 Å². The first kappa shape index (κ1) is 13.1. The molecule has 4 rings (SSSR count). The predicted octanol–water partition coefficient (Wildman–Crippen LogP) is 3.33. The maximum Gasteiger partial charge on any atom is 0.308 e. The van der Waals surface area contributed by atoms with Crippen molar-refractivity contribution in [3.05, 3.63) is 53.3 Å². The van der Waals surface area contributed by atoms with Crippen LogP contribution in [0.2, 0.25) is 0 Å². The molecule has 0 atom stereocenters. The van der Waals surface area contributed by atoms with Gasteiger partial charge in [-0.1, -0.05) is 24.3 Å². The lowest BCUT2D eigenvalue weighted by Crippen LogP contribution is -2.13. The number of esters is 1.